The number of urea groups is 1. The molecule has 0 spiro atoms. The number of Topliss-reactive ketones (excluding diaryl/α,β-unsaturated/α-hetero) is 1. The van der Waals surface area contributed by atoms with Gasteiger partial charge >= 0.3 is 12.2 Å². The second-order valence-corrected chi connectivity index (χ2v) is 6.14. The second kappa shape index (κ2) is 6.58. The standard InChI is InChI=1S/C18H15F3N2O4/c19-18(20,21)17(27)13(15(25)10-5-2-1-3-6-10)14(22-16(26)23-17)11-7-4-8-12(24)9-11/h1-9,13-14,24,27H,(H2,22,23,26)/t13-,14-,17-/m0/s1. The van der Waals surface area contributed by atoms with Crippen molar-refractivity contribution in [3.63, 3.8) is 0 Å². The summed E-state index contributed by atoms with van der Waals surface area (Å²) < 4.78 is 41.1. The maximum atomic E-state index is 13.7. The van der Waals surface area contributed by atoms with E-state index in [9.17, 15) is 33.0 Å². The molecule has 0 aliphatic carbocycles. The number of alkyl halides is 3. The molecule has 0 bridgehead atoms. The van der Waals surface area contributed by atoms with E-state index in [4.69, 9.17) is 0 Å². The fraction of sp³-hybridized carbons (Fsp3) is 0.222. The Labute approximate surface area is 151 Å². The Morgan fingerprint density at radius 3 is 2.33 bits per heavy atom. The van der Waals surface area contributed by atoms with Crippen molar-refractivity contribution < 1.29 is 33.0 Å². The molecule has 1 heterocycles. The van der Waals surface area contributed by atoms with Crippen LogP contribution in [0.4, 0.5) is 18.0 Å². The number of aromatic hydroxyl groups is 1. The number of phenols is 1. The molecule has 1 fully saturated rings. The molecule has 2 aromatic rings. The van der Waals surface area contributed by atoms with Crippen LogP contribution in [0.5, 0.6) is 5.75 Å². The van der Waals surface area contributed by atoms with E-state index in [0.29, 0.717) is 0 Å². The van der Waals surface area contributed by atoms with Gasteiger partial charge in [0.15, 0.2) is 5.78 Å². The fourth-order valence-corrected chi connectivity index (χ4v) is 3.12. The number of rotatable bonds is 3. The van der Waals surface area contributed by atoms with Gasteiger partial charge in [-0.1, -0.05) is 42.5 Å². The minimum Gasteiger partial charge on any atom is -0.508 e. The van der Waals surface area contributed by atoms with Crippen LogP contribution in [0, 0.1) is 5.92 Å². The molecule has 6 nitrogen and oxygen atoms in total. The van der Waals surface area contributed by atoms with Gasteiger partial charge in [-0.15, -0.1) is 0 Å². The van der Waals surface area contributed by atoms with E-state index in [1.54, 1.807) is 6.07 Å². The summed E-state index contributed by atoms with van der Waals surface area (Å²) in [7, 11) is 0. The van der Waals surface area contributed by atoms with Crippen molar-refractivity contribution in [3.8, 4) is 5.75 Å². The van der Waals surface area contributed by atoms with Crippen molar-refractivity contribution in [3.05, 3.63) is 65.7 Å². The summed E-state index contributed by atoms with van der Waals surface area (Å²) in [6, 6.07) is 9.45. The molecule has 0 unspecified atom stereocenters. The number of benzene rings is 2. The van der Waals surface area contributed by atoms with Crippen molar-refractivity contribution in [1.82, 2.24) is 10.6 Å². The lowest BCUT2D eigenvalue weighted by Crippen LogP contribution is -2.72. The van der Waals surface area contributed by atoms with Crippen LogP contribution in [-0.2, 0) is 0 Å². The Kier molecular flexibility index (Phi) is 4.56. The van der Waals surface area contributed by atoms with E-state index in [1.807, 2.05) is 0 Å². The quantitative estimate of drug-likeness (QED) is 0.615. The second-order valence-electron chi connectivity index (χ2n) is 6.14. The zero-order chi connectivity index (χ0) is 19.8. The van der Waals surface area contributed by atoms with Gasteiger partial charge in [0.2, 0.25) is 5.72 Å². The van der Waals surface area contributed by atoms with Gasteiger partial charge in [-0.25, -0.2) is 4.79 Å². The topological polar surface area (TPSA) is 98.7 Å². The zero-order valence-corrected chi connectivity index (χ0v) is 13.7. The number of phenolic OH excluding ortho intramolecular Hbond substituents is 1. The molecule has 1 saturated heterocycles. The molecule has 142 valence electrons. The summed E-state index contributed by atoms with van der Waals surface area (Å²) >= 11 is 0. The summed E-state index contributed by atoms with van der Waals surface area (Å²) in [6.07, 6.45) is -5.32. The monoisotopic (exact) mass is 380 g/mol. The fourth-order valence-electron chi connectivity index (χ4n) is 3.12. The number of carbonyl (C=O) groups is 2. The highest BCUT2D eigenvalue weighted by Gasteiger charge is 2.66. The molecular formula is C18H15F3N2O4. The van der Waals surface area contributed by atoms with Gasteiger partial charge in [0, 0.05) is 5.56 Å². The number of hydrogen-bond donors (Lipinski definition) is 4. The summed E-state index contributed by atoms with van der Waals surface area (Å²) in [4.78, 5) is 24.8. The highest BCUT2D eigenvalue weighted by molar-refractivity contribution is 6.00. The minimum absolute atomic E-state index is 0.0433. The summed E-state index contributed by atoms with van der Waals surface area (Å²) in [5.74, 6) is -3.41. The molecule has 1 aliphatic heterocycles. The van der Waals surface area contributed by atoms with Crippen LogP contribution < -0.4 is 10.6 Å². The maximum Gasteiger partial charge on any atom is 0.437 e. The molecule has 9 heteroatoms. The van der Waals surface area contributed by atoms with Gasteiger partial charge < -0.3 is 20.8 Å². The van der Waals surface area contributed by atoms with Gasteiger partial charge in [0.25, 0.3) is 0 Å². The summed E-state index contributed by atoms with van der Waals surface area (Å²) in [5, 5.41) is 23.7. The minimum atomic E-state index is -5.32. The lowest BCUT2D eigenvalue weighted by atomic mass is 9.77. The van der Waals surface area contributed by atoms with Gasteiger partial charge in [0.1, 0.15) is 11.7 Å². The molecule has 0 radical (unpaired) electrons. The van der Waals surface area contributed by atoms with Crippen LogP contribution in [0.1, 0.15) is 22.0 Å². The van der Waals surface area contributed by atoms with Gasteiger partial charge in [-0.05, 0) is 17.7 Å². The predicted molar refractivity (Wildman–Crippen MR) is 87.8 cm³/mol. The van der Waals surface area contributed by atoms with Crippen molar-refractivity contribution in [2.75, 3.05) is 0 Å². The molecule has 3 rings (SSSR count). The molecule has 3 atom stereocenters. The van der Waals surface area contributed by atoms with E-state index in [1.165, 1.54) is 47.8 Å². The lowest BCUT2D eigenvalue weighted by Gasteiger charge is -2.45. The van der Waals surface area contributed by atoms with Crippen molar-refractivity contribution in [1.29, 1.82) is 0 Å². The first-order valence-corrected chi connectivity index (χ1v) is 7.89. The van der Waals surface area contributed by atoms with E-state index >= 15 is 0 Å². The van der Waals surface area contributed by atoms with Gasteiger partial charge in [-0.3, -0.25) is 4.79 Å². The summed E-state index contributed by atoms with van der Waals surface area (Å²) in [6.45, 7) is 0. The van der Waals surface area contributed by atoms with Crippen LogP contribution in [0.25, 0.3) is 0 Å². The smallest absolute Gasteiger partial charge is 0.437 e. The molecular weight excluding hydrogens is 365 g/mol. The Morgan fingerprint density at radius 2 is 1.74 bits per heavy atom. The highest BCUT2D eigenvalue weighted by Crippen LogP contribution is 2.44. The van der Waals surface area contributed by atoms with Crippen LogP contribution in [0.3, 0.4) is 0 Å². The molecule has 2 aromatic carbocycles. The molecule has 0 saturated carbocycles. The molecule has 27 heavy (non-hydrogen) atoms. The maximum absolute atomic E-state index is 13.7. The van der Waals surface area contributed by atoms with Crippen molar-refractivity contribution in [2.24, 2.45) is 5.92 Å². The normalized spacial score (nSPS) is 25.4. The Morgan fingerprint density at radius 1 is 1.07 bits per heavy atom. The Hall–Kier alpha value is -3.07. The van der Waals surface area contributed by atoms with Crippen molar-refractivity contribution >= 4 is 11.8 Å². The third-order valence-corrected chi connectivity index (χ3v) is 4.38. The third-order valence-electron chi connectivity index (χ3n) is 4.38. The van der Waals surface area contributed by atoms with Crippen LogP contribution >= 0.6 is 0 Å². The number of amides is 2. The van der Waals surface area contributed by atoms with E-state index in [-0.39, 0.29) is 16.9 Å². The number of hydrogen-bond acceptors (Lipinski definition) is 4. The first-order valence-electron chi connectivity index (χ1n) is 7.89. The highest BCUT2D eigenvalue weighted by atomic mass is 19.4. The van der Waals surface area contributed by atoms with Gasteiger partial charge in [0.05, 0.1) is 6.04 Å². The Bertz CT molecular complexity index is 872. The van der Waals surface area contributed by atoms with E-state index in [2.05, 4.69) is 5.32 Å². The molecule has 1 aliphatic rings. The van der Waals surface area contributed by atoms with Gasteiger partial charge in [-0.2, -0.15) is 13.2 Å². The first kappa shape index (κ1) is 18.7. The average molecular weight is 380 g/mol. The predicted octanol–water partition coefficient (Wildman–Crippen LogP) is 2.50. The average Bonchev–Trinajstić information content (AvgIpc) is 2.60. The zero-order valence-electron chi connectivity index (χ0n) is 13.7. The number of nitrogens with one attached hydrogen (secondary N) is 2. The SMILES string of the molecule is O=C1N[C@@H](c2cccc(O)c2)[C@@H](C(=O)c2ccccc2)[C@](O)(C(F)(F)F)N1. The van der Waals surface area contributed by atoms with Crippen LogP contribution in [0.2, 0.25) is 0 Å². The van der Waals surface area contributed by atoms with Crippen LogP contribution in [-0.4, -0.2) is 33.9 Å². The number of carbonyl (C=O) groups excluding carboxylic acids is 2. The van der Waals surface area contributed by atoms with E-state index < -0.39 is 35.7 Å². The molecule has 4 N–H and O–H groups in total. The summed E-state index contributed by atoms with van der Waals surface area (Å²) in [5.41, 5.74) is -3.81. The Balaban J connectivity index is 2.17. The molecule has 0 aromatic heterocycles. The number of halogens is 3. The lowest BCUT2D eigenvalue weighted by molar-refractivity contribution is -0.287. The number of aliphatic hydroxyl groups is 1. The number of ketones is 1. The first-order chi connectivity index (χ1) is 12.6. The van der Waals surface area contributed by atoms with E-state index in [0.717, 1.165) is 6.07 Å². The third kappa shape index (κ3) is 3.33. The van der Waals surface area contributed by atoms with Crippen LogP contribution in [0.15, 0.2) is 54.6 Å². The molecule has 2 amide bonds. The van der Waals surface area contributed by atoms with Crippen molar-refractivity contribution in [2.45, 2.75) is 17.9 Å². The largest absolute Gasteiger partial charge is 0.508 e.